The zero-order valence-electron chi connectivity index (χ0n) is 15.0. The first-order valence-corrected chi connectivity index (χ1v) is 8.49. The number of nitrogens with one attached hydrogen (secondary N) is 2. The number of methoxy groups -OCH3 is 1. The van der Waals surface area contributed by atoms with Crippen LogP contribution in [0.5, 0.6) is 5.75 Å². The summed E-state index contributed by atoms with van der Waals surface area (Å²) in [5, 5.41) is 6.54. The number of nitrogens with zero attached hydrogens (tertiary/aromatic N) is 1. The SMILES string of the molecule is CN=C(NCCCOCc1ccc(OC)cc1)NCCc1ccco1. The third-order valence-electron chi connectivity index (χ3n) is 3.65. The van der Waals surface area contributed by atoms with Gasteiger partial charge < -0.3 is 24.5 Å². The van der Waals surface area contributed by atoms with Gasteiger partial charge in [-0.1, -0.05) is 12.1 Å². The van der Waals surface area contributed by atoms with Crippen molar-refractivity contribution in [3.8, 4) is 5.75 Å². The third kappa shape index (κ3) is 7.30. The molecule has 136 valence electrons. The molecular weight excluding hydrogens is 318 g/mol. The van der Waals surface area contributed by atoms with E-state index in [2.05, 4.69) is 15.6 Å². The molecule has 0 atom stereocenters. The van der Waals surface area contributed by atoms with Crippen molar-refractivity contribution >= 4 is 5.96 Å². The van der Waals surface area contributed by atoms with Crippen LogP contribution in [0.25, 0.3) is 0 Å². The first-order valence-electron chi connectivity index (χ1n) is 8.49. The number of rotatable bonds is 10. The van der Waals surface area contributed by atoms with Gasteiger partial charge in [0.05, 0.1) is 20.0 Å². The highest BCUT2D eigenvalue weighted by Crippen LogP contribution is 2.11. The summed E-state index contributed by atoms with van der Waals surface area (Å²) < 4.78 is 16.1. The summed E-state index contributed by atoms with van der Waals surface area (Å²) in [5.74, 6) is 2.62. The molecule has 25 heavy (non-hydrogen) atoms. The monoisotopic (exact) mass is 345 g/mol. The quantitative estimate of drug-likeness (QED) is 0.394. The highest BCUT2D eigenvalue weighted by atomic mass is 16.5. The van der Waals surface area contributed by atoms with Gasteiger partial charge in [-0.2, -0.15) is 0 Å². The Hall–Kier alpha value is -2.47. The fourth-order valence-electron chi connectivity index (χ4n) is 2.27. The Morgan fingerprint density at radius 3 is 2.60 bits per heavy atom. The lowest BCUT2D eigenvalue weighted by Gasteiger charge is -2.11. The second-order valence-electron chi connectivity index (χ2n) is 5.51. The van der Waals surface area contributed by atoms with Gasteiger partial charge in [-0.25, -0.2) is 0 Å². The van der Waals surface area contributed by atoms with Crippen molar-refractivity contribution in [2.45, 2.75) is 19.4 Å². The van der Waals surface area contributed by atoms with Gasteiger partial charge in [0.2, 0.25) is 0 Å². The van der Waals surface area contributed by atoms with Crippen LogP contribution < -0.4 is 15.4 Å². The van der Waals surface area contributed by atoms with E-state index in [4.69, 9.17) is 13.9 Å². The summed E-state index contributed by atoms with van der Waals surface area (Å²) >= 11 is 0. The topological polar surface area (TPSA) is 68.0 Å². The van der Waals surface area contributed by atoms with Crippen LogP contribution in [0.3, 0.4) is 0 Å². The summed E-state index contributed by atoms with van der Waals surface area (Å²) in [6.07, 6.45) is 3.43. The maximum absolute atomic E-state index is 5.69. The molecule has 0 unspecified atom stereocenters. The van der Waals surface area contributed by atoms with Gasteiger partial charge in [0.15, 0.2) is 5.96 Å². The zero-order chi connectivity index (χ0) is 17.7. The number of guanidine groups is 1. The van der Waals surface area contributed by atoms with Crippen LogP contribution in [-0.4, -0.2) is 39.8 Å². The first kappa shape index (κ1) is 18.9. The molecule has 0 aliphatic heterocycles. The van der Waals surface area contributed by atoms with Crippen LogP contribution in [0.2, 0.25) is 0 Å². The number of furan rings is 1. The first-order chi connectivity index (χ1) is 12.3. The van der Waals surface area contributed by atoms with Crippen molar-refractivity contribution in [1.82, 2.24) is 10.6 Å². The van der Waals surface area contributed by atoms with Crippen molar-refractivity contribution in [3.63, 3.8) is 0 Å². The predicted molar refractivity (Wildman–Crippen MR) is 99.0 cm³/mol. The minimum Gasteiger partial charge on any atom is -0.497 e. The molecule has 0 bridgehead atoms. The molecule has 2 N–H and O–H groups in total. The molecule has 1 heterocycles. The lowest BCUT2D eigenvalue weighted by Crippen LogP contribution is -2.38. The lowest BCUT2D eigenvalue weighted by atomic mass is 10.2. The van der Waals surface area contributed by atoms with Crippen LogP contribution in [0.15, 0.2) is 52.1 Å². The Bertz CT molecular complexity index is 609. The van der Waals surface area contributed by atoms with Crippen molar-refractivity contribution < 1.29 is 13.9 Å². The summed E-state index contributed by atoms with van der Waals surface area (Å²) in [6.45, 7) is 2.90. The number of ether oxygens (including phenoxy) is 2. The minimum absolute atomic E-state index is 0.611. The van der Waals surface area contributed by atoms with Gasteiger partial charge in [0.1, 0.15) is 11.5 Å². The molecule has 2 rings (SSSR count). The predicted octanol–water partition coefficient (Wildman–Crippen LogP) is 2.60. The van der Waals surface area contributed by atoms with E-state index < -0.39 is 0 Å². The van der Waals surface area contributed by atoms with Gasteiger partial charge in [-0.15, -0.1) is 0 Å². The van der Waals surface area contributed by atoms with E-state index in [9.17, 15) is 0 Å². The molecule has 2 aromatic rings. The minimum atomic E-state index is 0.611. The summed E-state index contributed by atoms with van der Waals surface area (Å²) in [7, 11) is 3.43. The molecule has 0 amide bonds. The van der Waals surface area contributed by atoms with E-state index >= 15 is 0 Å². The van der Waals surface area contributed by atoms with E-state index in [0.717, 1.165) is 49.0 Å². The zero-order valence-corrected chi connectivity index (χ0v) is 15.0. The van der Waals surface area contributed by atoms with Gasteiger partial charge in [0.25, 0.3) is 0 Å². The molecule has 1 aromatic carbocycles. The average Bonchev–Trinajstić information content (AvgIpc) is 3.17. The smallest absolute Gasteiger partial charge is 0.190 e. The lowest BCUT2D eigenvalue weighted by molar-refractivity contribution is 0.119. The normalized spacial score (nSPS) is 11.4. The molecule has 0 saturated heterocycles. The van der Waals surface area contributed by atoms with Crippen molar-refractivity contribution in [2.75, 3.05) is 33.9 Å². The van der Waals surface area contributed by atoms with Crippen molar-refractivity contribution in [1.29, 1.82) is 0 Å². The van der Waals surface area contributed by atoms with Crippen LogP contribution in [0, 0.1) is 0 Å². The second kappa shape index (κ2) is 11.1. The number of aliphatic imine (C=N–C) groups is 1. The number of hydrogen-bond acceptors (Lipinski definition) is 4. The molecule has 0 aliphatic rings. The Morgan fingerprint density at radius 1 is 1.12 bits per heavy atom. The fourth-order valence-corrected chi connectivity index (χ4v) is 2.27. The third-order valence-corrected chi connectivity index (χ3v) is 3.65. The summed E-state index contributed by atoms with van der Waals surface area (Å²) in [5.41, 5.74) is 1.14. The van der Waals surface area contributed by atoms with Crippen LogP contribution in [0.4, 0.5) is 0 Å². The van der Waals surface area contributed by atoms with E-state index in [1.165, 1.54) is 0 Å². The van der Waals surface area contributed by atoms with Crippen molar-refractivity contribution in [3.05, 3.63) is 54.0 Å². The molecule has 0 fully saturated rings. The van der Waals surface area contributed by atoms with Gasteiger partial charge in [-0.05, 0) is 36.2 Å². The van der Waals surface area contributed by atoms with Gasteiger partial charge in [-0.3, -0.25) is 4.99 Å². The number of benzene rings is 1. The molecule has 0 spiro atoms. The molecule has 6 heteroatoms. The van der Waals surface area contributed by atoms with Crippen LogP contribution in [0.1, 0.15) is 17.7 Å². The number of hydrogen-bond donors (Lipinski definition) is 2. The Labute approximate surface area is 149 Å². The fraction of sp³-hybridized carbons (Fsp3) is 0.421. The van der Waals surface area contributed by atoms with E-state index in [0.29, 0.717) is 13.2 Å². The molecule has 1 aromatic heterocycles. The van der Waals surface area contributed by atoms with Gasteiger partial charge in [0, 0.05) is 33.2 Å². The van der Waals surface area contributed by atoms with E-state index in [1.54, 1.807) is 20.4 Å². The maximum atomic E-state index is 5.69. The van der Waals surface area contributed by atoms with Crippen molar-refractivity contribution in [2.24, 2.45) is 4.99 Å². The van der Waals surface area contributed by atoms with Gasteiger partial charge >= 0.3 is 0 Å². The summed E-state index contributed by atoms with van der Waals surface area (Å²) in [4.78, 5) is 4.20. The largest absolute Gasteiger partial charge is 0.497 e. The molecule has 6 nitrogen and oxygen atoms in total. The molecular formula is C19H27N3O3. The van der Waals surface area contributed by atoms with Crippen LogP contribution in [-0.2, 0) is 17.8 Å². The van der Waals surface area contributed by atoms with E-state index in [1.807, 2.05) is 36.4 Å². The molecule has 0 aliphatic carbocycles. The second-order valence-corrected chi connectivity index (χ2v) is 5.51. The Balaban J connectivity index is 1.51. The average molecular weight is 345 g/mol. The summed E-state index contributed by atoms with van der Waals surface area (Å²) in [6, 6.07) is 11.8. The Morgan fingerprint density at radius 2 is 1.92 bits per heavy atom. The van der Waals surface area contributed by atoms with E-state index in [-0.39, 0.29) is 0 Å². The standard InChI is InChI=1S/C19H27N3O3/c1-20-19(22-12-10-18-5-3-14-25-18)21-11-4-13-24-15-16-6-8-17(23-2)9-7-16/h3,5-9,14H,4,10-13,15H2,1-2H3,(H2,20,21,22). The van der Waals surface area contributed by atoms with Crippen LogP contribution >= 0.6 is 0 Å². The Kier molecular flexibility index (Phi) is 8.41. The molecule has 0 radical (unpaired) electrons. The molecule has 0 saturated carbocycles. The maximum Gasteiger partial charge on any atom is 0.190 e. The highest BCUT2D eigenvalue weighted by molar-refractivity contribution is 5.79. The highest BCUT2D eigenvalue weighted by Gasteiger charge is 1.99.